The minimum absolute atomic E-state index is 0.0122. The van der Waals surface area contributed by atoms with E-state index in [9.17, 15) is 0 Å². The second-order valence-electron chi connectivity index (χ2n) is 3.89. The summed E-state index contributed by atoms with van der Waals surface area (Å²) in [6.45, 7) is 2.21. The summed E-state index contributed by atoms with van der Waals surface area (Å²) in [5, 5.41) is 19.4. The number of rotatable bonds is 8. The van der Waals surface area contributed by atoms with Crippen LogP contribution in [0, 0.1) is 0 Å². The SMILES string of the molecule is CCCCCCCCc1n[nH]nc1CO. The molecule has 1 heterocycles. The number of aryl methyl sites for hydroxylation is 1. The molecular weight excluding hydrogens is 190 g/mol. The van der Waals surface area contributed by atoms with Crippen molar-refractivity contribution in [2.45, 2.75) is 58.5 Å². The molecule has 0 spiro atoms. The van der Waals surface area contributed by atoms with Gasteiger partial charge in [0.1, 0.15) is 5.69 Å². The van der Waals surface area contributed by atoms with Crippen molar-refractivity contribution in [2.75, 3.05) is 0 Å². The standard InChI is InChI=1S/C11H21N3O/c1-2-3-4-5-6-7-8-10-11(9-15)13-14-12-10/h15H,2-9H2,1H3,(H,12,13,14). The van der Waals surface area contributed by atoms with Gasteiger partial charge in [-0.15, -0.1) is 0 Å². The summed E-state index contributed by atoms with van der Waals surface area (Å²) in [5.41, 5.74) is 1.62. The number of aromatic nitrogens is 3. The average Bonchev–Trinajstić information content (AvgIpc) is 2.70. The predicted octanol–water partition coefficient (Wildman–Crippen LogP) is 2.20. The van der Waals surface area contributed by atoms with Crippen molar-refractivity contribution in [3.05, 3.63) is 11.4 Å². The second-order valence-corrected chi connectivity index (χ2v) is 3.89. The highest BCUT2D eigenvalue weighted by atomic mass is 16.3. The van der Waals surface area contributed by atoms with E-state index < -0.39 is 0 Å². The van der Waals surface area contributed by atoms with Crippen LogP contribution in [0.4, 0.5) is 0 Å². The van der Waals surface area contributed by atoms with Crippen molar-refractivity contribution in [2.24, 2.45) is 0 Å². The van der Waals surface area contributed by atoms with Crippen molar-refractivity contribution in [3.63, 3.8) is 0 Å². The third-order valence-corrected chi connectivity index (χ3v) is 2.62. The molecule has 1 aromatic heterocycles. The molecule has 4 heteroatoms. The summed E-state index contributed by atoms with van der Waals surface area (Å²) in [5.74, 6) is 0. The minimum Gasteiger partial charge on any atom is -0.390 e. The van der Waals surface area contributed by atoms with Crippen LogP contribution in [0.5, 0.6) is 0 Å². The van der Waals surface area contributed by atoms with Crippen molar-refractivity contribution < 1.29 is 5.11 Å². The number of nitrogens with zero attached hydrogens (tertiary/aromatic N) is 2. The molecule has 0 amide bonds. The van der Waals surface area contributed by atoms with E-state index >= 15 is 0 Å². The van der Waals surface area contributed by atoms with Crippen molar-refractivity contribution in [1.29, 1.82) is 0 Å². The van der Waals surface area contributed by atoms with E-state index in [0.29, 0.717) is 5.69 Å². The highest BCUT2D eigenvalue weighted by Gasteiger charge is 2.05. The van der Waals surface area contributed by atoms with Crippen molar-refractivity contribution in [1.82, 2.24) is 15.4 Å². The fraction of sp³-hybridized carbons (Fsp3) is 0.818. The molecule has 0 bridgehead atoms. The molecule has 0 radical (unpaired) electrons. The molecule has 2 N–H and O–H groups in total. The van der Waals surface area contributed by atoms with Crippen LogP contribution in [0.1, 0.15) is 56.8 Å². The maximum absolute atomic E-state index is 8.96. The maximum Gasteiger partial charge on any atom is 0.111 e. The Hall–Kier alpha value is -0.900. The van der Waals surface area contributed by atoms with Crippen LogP contribution >= 0.6 is 0 Å². The molecule has 1 rings (SSSR count). The number of aliphatic hydroxyl groups excluding tert-OH is 1. The van der Waals surface area contributed by atoms with Gasteiger partial charge in [-0.2, -0.15) is 15.4 Å². The zero-order valence-corrected chi connectivity index (χ0v) is 9.50. The third-order valence-electron chi connectivity index (χ3n) is 2.62. The summed E-state index contributed by atoms with van der Waals surface area (Å²) in [6.07, 6.45) is 8.59. The number of aliphatic hydroxyl groups is 1. The Labute approximate surface area is 91.1 Å². The quantitative estimate of drug-likeness (QED) is 0.648. The zero-order valence-electron chi connectivity index (χ0n) is 9.50. The topological polar surface area (TPSA) is 61.8 Å². The second kappa shape index (κ2) is 7.40. The Morgan fingerprint density at radius 3 is 2.40 bits per heavy atom. The van der Waals surface area contributed by atoms with Crippen LogP contribution in [0.25, 0.3) is 0 Å². The van der Waals surface area contributed by atoms with Gasteiger partial charge >= 0.3 is 0 Å². The molecule has 0 fully saturated rings. The lowest BCUT2D eigenvalue weighted by atomic mass is 10.1. The summed E-state index contributed by atoms with van der Waals surface area (Å²) in [7, 11) is 0. The maximum atomic E-state index is 8.96. The summed E-state index contributed by atoms with van der Waals surface area (Å²) < 4.78 is 0. The minimum atomic E-state index is -0.0122. The molecule has 0 aliphatic carbocycles. The smallest absolute Gasteiger partial charge is 0.111 e. The Balaban J connectivity index is 2.09. The first-order valence-electron chi connectivity index (χ1n) is 5.87. The monoisotopic (exact) mass is 211 g/mol. The normalized spacial score (nSPS) is 10.8. The summed E-state index contributed by atoms with van der Waals surface area (Å²) >= 11 is 0. The average molecular weight is 211 g/mol. The van der Waals surface area contributed by atoms with E-state index in [1.807, 2.05) is 0 Å². The molecule has 0 aliphatic rings. The van der Waals surface area contributed by atoms with Crippen LogP contribution < -0.4 is 0 Å². The number of nitrogens with one attached hydrogen (secondary N) is 1. The van der Waals surface area contributed by atoms with Crippen LogP contribution in [0.15, 0.2) is 0 Å². The molecule has 0 aliphatic heterocycles. The first kappa shape index (κ1) is 12.2. The van der Waals surface area contributed by atoms with Gasteiger partial charge in [0.05, 0.1) is 12.3 Å². The van der Waals surface area contributed by atoms with Crippen LogP contribution in [0.3, 0.4) is 0 Å². The van der Waals surface area contributed by atoms with E-state index in [0.717, 1.165) is 18.5 Å². The third kappa shape index (κ3) is 4.42. The molecule has 0 saturated carbocycles. The summed E-state index contributed by atoms with van der Waals surface area (Å²) in [6, 6.07) is 0. The highest BCUT2D eigenvalue weighted by molar-refractivity contribution is 5.06. The molecule has 0 unspecified atom stereocenters. The highest BCUT2D eigenvalue weighted by Crippen LogP contribution is 2.10. The summed E-state index contributed by atoms with van der Waals surface area (Å²) in [4.78, 5) is 0. The zero-order chi connectivity index (χ0) is 10.9. The molecule has 0 saturated heterocycles. The first-order valence-corrected chi connectivity index (χ1v) is 5.87. The van der Waals surface area contributed by atoms with E-state index in [4.69, 9.17) is 5.11 Å². The Kier molecular flexibility index (Phi) is 6.00. The lowest BCUT2D eigenvalue weighted by Gasteiger charge is -1.99. The number of hydrogen-bond donors (Lipinski definition) is 2. The van der Waals surface area contributed by atoms with Gasteiger partial charge in [-0.1, -0.05) is 39.0 Å². The predicted molar refractivity (Wildman–Crippen MR) is 59.4 cm³/mol. The van der Waals surface area contributed by atoms with E-state index in [2.05, 4.69) is 22.3 Å². The van der Waals surface area contributed by atoms with Crippen LogP contribution in [0.2, 0.25) is 0 Å². The Morgan fingerprint density at radius 1 is 1.00 bits per heavy atom. The molecule has 86 valence electrons. The number of aromatic amines is 1. The van der Waals surface area contributed by atoms with Gasteiger partial charge in [-0.05, 0) is 12.8 Å². The number of hydrogen-bond acceptors (Lipinski definition) is 3. The Morgan fingerprint density at radius 2 is 1.67 bits per heavy atom. The van der Waals surface area contributed by atoms with Gasteiger partial charge in [-0.25, -0.2) is 0 Å². The van der Waals surface area contributed by atoms with Gasteiger partial charge in [0.2, 0.25) is 0 Å². The van der Waals surface area contributed by atoms with Gasteiger partial charge < -0.3 is 5.11 Å². The van der Waals surface area contributed by atoms with Crippen molar-refractivity contribution in [3.8, 4) is 0 Å². The molecule has 15 heavy (non-hydrogen) atoms. The fourth-order valence-corrected chi connectivity index (χ4v) is 1.67. The lowest BCUT2D eigenvalue weighted by Crippen LogP contribution is -1.93. The van der Waals surface area contributed by atoms with E-state index in [1.54, 1.807) is 0 Å². The van der Waals surface area contributed by atoms with Gasteiger partial charge in [0.15, 0.2) is 0 Å². The van der Waals surface area contributed by atoms with E-state index in [-0.39, 0.29) is 6.61 Å². The molecular formula is C11H21N3O. The largest absolute Gasteiger partial charge is 0.390 e. The van der Waals surface area contributed by atoms with Crippen LogP contribution in [-0.4, -0.2) is 20.5 Å². The van der Waals surface area contributed by atoms with Crippen molar-refractivity contribution >= 4 is 0 Å². The molecule has 4 nitrogen and oxygen atoms in total. The van der Waals surface area contributed by atoms with Gasteiger partial charge in [0, 0.05) is 0 Å². The van der Waals surface area contributed by atoms with Gasteiger partial charge in [-0.3, -0.25) is 0 Å². The van der Waals surface area contributed by atoms with Crippen LogP contribution in [-0.2, 0) is 13.0 Å². The molecule has 0 atom stereocenters. The van der Waals surface area contributed by atoms with Gasteiger partial charge in [0.25, 0.3) is 0 Å². The first-order chi connectivity index (χ1) is 7.38. The Bertz CT molecular complexity index is 260. The lowest BCUT2D eigenvalue weighted by molar-refractivity contribution is 0.275. The number of H-pyrrole nitrogens is 1. The molecule has 1 aromatic rings. The molecule has 0 aromatic carbocycles. The number of unbranched alkanes of at least 4 members (excludes halogenated alkanes) is 5. The van der Waals surface area contributed by atoms with E-state index in [1.165, 1.54) is 32.1 Å². The fourth-order valence-electron chi connectivity index (χ4n) is 1.67.